The Balaban J connectivity index is 0.000000301. The minimum absolute atomic E-state index is 0. The van der Waals surface area contributed by atoms with Crippen LogP contribution in [-0.2, 0) is 30.3 Å². The fourth-order valence-electron chi connectivity index (χ4n) is 5.42. The van der Waals surface area contributed by atoms with E-state index in [1.165, 1.54) is 23.4 Å². The normalized spacial score (nSPS) is 13.0. The van der Waals surface area contributed by atoms with Crippen molar-refractivity contribution in [2.24, 2.45) is 20.8 Å². The van der Waals surface area contributed by atoms with Crippen molar-refractivity contribution < 1.29 is 38.8 Å². The fourth-order valence-corrected chi connectivity index (χ4v) is 5.42. The summed E-state index contributed by atoms with van der Waals surface area (Å²) in [5, 5.41) is 14.4. The SMILES string of the molecule is CC(C)(C)c1cc(C=N/C=N\c2cc3c(ccc4ccoc43)o2)[c-]c2ccccc12.CCC(C)(CC)C(=O)/C=C(\O)C(C)(CC)CC.[Ir]. The Morgan fingerprint density at radius 2 is 1.54 bits per heavy atom. The van der Waals surface area contributed by atoms with Crippen LogP contribution in [0.1, 0.15) is 99.1 Å². The first kappa shape index (κ1) is 38.6. The number of fused-ring (bicyclic) bond motifs is 4. The number of furan rings is 2. The van der Waals surface area contributed by atoms with Crippen LogP contribution in [0, 0.1) is 16.9 Å². The minimum atomic E-state index is -0.337. The van der Waals surface area contributed by atoms with Gasteiger partial charge < -0.3 is 13.9 Å². The van der Waals surface area contributed by atoms with Gasteiger partial charge >= 0.3 is 0 Å². The molecule has 0 aliphatic heterocycles. The van der Waals surface area contributed by atoms with Gasteiger partial charge in [-0.25, -0.2) is 4.99 Å². The summed E-state index contributed by atoms with van der Waals surface area (Å²) in [7, 11) is 0. The second kappa shape index (κ2) is 16.1. The topological polar surface area (TPSA) is 88.3 Å². The van der Waals surface area contributed by atoms with Gasteiger partial charge in [0.25, 0.3) is 0 Å². The Kier molecular flexibility index (Phi) is 12.9. The van der Waals surface area contributed by atoms with Crippen molar-refractivity contribution >= 4 is 56.9 Å². The van der Waals surface area contributed by atoms with E-state index in [1.807, 2.05) is 71.9 Å². The summed E-state index contributed by atoms with van der Waals surface area (Å²) in [6.07, 6.45) is 9.70. The number of benzene rings is 3. The van der Waals surface area contributed by atoms with E-state index in [9.17, 15) is 9.90 Å². The molecule has 3 aromatic carbocycles. The number of hydrogen-bond acceptors (Lipinski definition) is 5. The van der Waals surface area contributed by atoms with Crippen molar-refractivity contribution in [1.82, 2.24) is 0 Å². The summed E-state index contributed by atoms with van der Waals surface area (Å²) >= 11 is 0. The first-order valence-corrected chi connectivity index (χ1v) is 16.6. The number of nitrogens with zero attached hydrogens (tertiary/aromatic N) is 2. The number of hydrogen-bond donors (Lipinski definition) is 1. The Bertz CT molecular complexity index is 1930. The summed E-state index contributed by atoms with van der Waals surface area (Å²) in [6, 6.07) is 21.6. The van der Waals surface area contributed by atoms with Gasteiger partial charge in [0.1, 0.15) is 23.3 Å². The molecular formula is C41H49IrN2O4-. The number of allylic oxidation sites excluding steroid dienone is 2. The van der Waals surface area contributed by atoms with Crippen LogP contribution >= 0.6 is 0 Å². The van der Waals surface area contributed by atoms with Gasteiger partial charge in [-0.15, -0.1) is 34.7 Å². The van der Waals surface area contributed by atoms with Crippen molar-refractivity contribution in [1.29, 1.82) is 0 Å². The molecule has 1 radical (unpaired) electrons. The first-order chi connectivity index (χ1) is 22.3. The van der Waals surface area contributed by atoms with E-state index in [-0.39, 0.29) is 47.9 Å². The molecule has 0 fully saturated rings. The third kappa shape index (κ3) is 8.61. The molecule has 0 amide bonds. The zero-order valence-electron chi connectivity index (χ0n) is 29.7. The fraction of sp³-hybridized carbons (Fsp3) is 0.390. The number of aliphatic hydroxyl groups excluding tert-OH is 1. The maximum atomic E-state index is 12.2. The molecule has 2 heterocycles. The predicted octanol–water partition coefficient (Wildman–Crippen LogP) is 11.9. The average molecular weight is 826 g/mol. The van der Waals surface area contributed by atoms with Gasteiger partial charge in [0.15, 0.2) is 5.78 Å². The molecule has 0 saturated carbocycles. The molecule has 0 unspecified atom stereocenters. The van der Waals surface area contributed by atoms with Crippen molar-refractivity contribution in [3.8, 4) is 0 Å². The smallest absolute Gasteiger partial charge is 0.221 e. The van der Waals surface area contributed by atoms with Crippen LogP contribution < -0.4 is 0 Å². The van der Waals surface area contributed by atoms with E-state index in [0.29, 0.717) is 5.88 Å². The molecule has 0 aliphatic carbocycles. The monoisotopic (exact) mass is 826 g/mol. The third-order valence-electron chi connectivity index (χ3n) is 9.77. The van der Waals surface area contributed by atoms with Gasteiger partial charge in [-0.1, -0.05) is 85.9 Å². The second-order valence-corrected chi connectivity index (χ2v) is 13.8. The Labute approximate surface area is 298 Å². The van der Waals surface area contributed by atoms with Crippen LogP contribution in [-0.4, -0.2) is 23.4 Å². The standard InChI is InChI=1S/C26H21N2O2.C15H28O2.Ir/c1-26(2,3)22-13-17(12-19-6-4-5-7-20(19)22)15-27-16-28-24-14-21-23(30-24)9-8-18-10-11-29-25(18)21;1-7-14(5,8-2)12(16)11-13(17)15(6,9-3)10-4;/h4-11,13-16H,1-3H3;11,16H,7-10H2,1-6H3;/q-1;;/b27-15?,28-16-;12-11-;. The largest absolute Gasteiger partial charge is 0.512 e. The van der Waals surface area contributed by atoms with Crippen molar-refractivity contribution in [2.45, 2.75) is 93.4 Å². The van der Waals surface area contributed by atoms with E-state index in [2.05, 4.69) is 61.1 Å². The van der Waals surface area contributed by atoms with Gasteiger partial charge in [-0.3, -0.25) is 9.79 Å². The molecule has 257 valence electrons. The van der Waals surface area contributed by atoms with E-state index >= 15 is 0 Å². The minimum Gasteiger partial charge on any atom is -0.512 e. The molecule has 48 heavy (non-hydrogen) atoms. The number of aliphatic imine (C=N–C) groups is 2. The van der Waals surface area contributed by atoms with E-state index in [1.54, 1.807) is 12.5 Å². The first-order valence-electron chi connectivity index (χ1n) is 16.6. The van der Waals surface area contributed by atoms with Gasteiger partial charge in [0, 0.05) is 48.5 Å². The van der Waals surface area contributed by atoms with Gasteiger partial charge in [0.2, 0.25) is 5.88 Å². The molecule has 0 spiro atoms. The zero-order valence-corrected chi connectivity index (χ0v) is 32.1. The van der Waals surface area contributed by atoms with E-state index in [4.69, 9.17) is 8.83 Å². The van der Waals surface area contributed by atoms with Crippen molar-refractivity contribution in [3.05, 3.63) is 89.9 Å². The van der Waals surface area contributed by atoms with Crippen LogP contribution in [0.4, 0.5) is 5.88 Å². The maximum Gasteiger partial charge on any atom is 0.221 e. The molecule has 1 N–H and O–H groups in total. The molecule has 7 heteroatoms. The summed E-state index contributed by atoms with van der Waals surface area (Å²) in [6.45, 7) is 18.7. The van der Waals surface area contributed by atoms with Crippen LogP contribution in [0.15, 0.2) is 91.5 Å². The quantitative estimate of drug-likeness (QED) is 0.0499. The molecule has 5 aromatic rings. The summed E-state index contributed by atoms with van der Waals surface area (Å²) in [5.41, 5.74) is 3.17. The molecule has 0 saturated heterocycles. The molecule has 0 bridgehead atoms. The van der Waals surface area contributed by atoms with Gasteiger partial charge in [0.05, 0.1) is 11.6 Å². The molecule has 0 atom stereocenters. The number of ketones is 1. The van der Waals surface area contributed by atoms with Gasteiger partial charge in [-0.05, 0) is 55.5 Å². The Morgan fingerprint density at radius 1 is 0.875 bits per heavy atom. The van der Waals surface area contributed by atoms with Crippen LogP contribution in [0.2, 0.25) is 0 Å². The third-order valence-corrected chi connectivity index (χ3v) is 9.77. The molecule has 6 nitrogen and oxygen atoms in total. The second-order valence-electron chi connectivity index (χ2n) is 13.8. The summed E-state index contributed by atoms with van der Waals surface area (Å²) < 4.78 is 11.3. The van der Waals surface area contributed by atoms with Crippen molar-refractivity contribution in [2.75, 3.05) is 0 Å². The predicted molar refractivity (Wildman–Crippen MR) is 196 cm³/mol. The van der Waals surface area contributed by atoms with Crippen LogP contribution in [0.3, 0.4) is 0 Å². The van der Waals surface area contributed by atoms with Crippen LogP contribution in [0.25, 0.3) is 32.7 Å². The number of rotatable bonds is 10. The average Bonchev–Trinajstić information content (AvgIpc) is 3.72. The number of aliphatic hydroxyl groups is 1. The Morgan fingerprint density at radius 3 is 2.19 bits per heavy atom. The zero-order chi connectivity index (χ0) is 34.4. The summed E-state index contributed by atoms with van der Waals surface area (Å²) in [4.78, 5) is 20.9. The maximum absolute atomic E-state index is 12.2. The molecular weight excluding hydrogens is 777 g/mol. The van der Waals surface area contributed by atoms with Crippen LogP contribution in [0.5, 0.6) is 0 Å². The molecule has 5 rings (SSSR count). The van der Waals surface area contributed by atoms with E-state index < -0.39 is 0 Å². The van der Waals surface area contributed by atoms with Gasteiger partial charge in [-0.2, -0.15) is 0 Å². The van der Waals surface area contributed by atoms with E-state index in [0.717, 1.165) is 58.6 Å². The molecule has 2 aromatic heterocycles. The Hall–Kier alpha value is -3.80. The molecule has 0 aliphatic rings. The van der Waals surface area contributed by atoms with Crippen molar-refractivity contribution in [3.63, 3.8) is 0 Å². The number of carbonyl (C=O) groups is 1. The number of carbonyl (C=O) groups excluding carboxylic acids is 1. The summed E-state index contributed by atoms with van der Waals surface area (Å²) in [5.74, 6) is 0.776.